The van der Waals surface area contributed by atoms with Crippen LogP contribution in [-0.2, 0) is 30.2 Å². The maximum atomic E-state index is 12.9. The first-order chi connectivity index (χ1) is 14.7. The number of amides is 1. The van der Waals surface area contributed by atoms with Crippen LogP contribution >= 0.6 is 11.6 Å². The topological polar surface area (TPSA) is 93.5 Å². The molecule has 0 aliphatic heterocycles. The number of nitrogens with zero attached hydrogens (tertiary/aromatic N) is 3. The van der Waals surface area contributed by atoms with Crippen molar-refractivity contribution < 1.29 is 17.9 Å². The Morgan fingerprint density at radius 1 is 1.19 bits per heavy atom. The number of methoxy groups -OCH3 is 1. The first kappa shape index (κ1) is 22.8. The number of ether oxygens (including phenoxy) is 1. The van der Waals surface area contributed by atoms with E-state index >= 15 is 0 Å². The maximum absolute atomic E-state index is 12.9. The Hall–Kier alpha value is -2.88. The van der Waals surface area contributed by atoms with Gasteiger partial charge in [0.05, 0.1) is 13.3 Å². The molecule has 8 nitrogen and oxygen atoms in total. The van der Waals surface area contributed by atoms with Gasteiger partial charge in [0.15, 0.2) is 0 Å². The molecule has 2 aromatic carbocycles. The van der Waals surface area contributed by atoms with E-state index < -0.39 is 10.0 Å². The molecule has 164 valence electrons. The molecule has 0 atom stereocenters. The van der Waals surface area contributed by atoms with E-state index in [-0.39, 0.29) is 28.7 Å². The molecule has 3 rings (SSSR count). The molecule has 1 N–H and O–H groups in total. The molecule has 0 unspecified atom stereocenters. The van der Waals surface area contributed by atoms with Crippen molar-refractivity contribution in [2.24, 2.45) is 7.05 Å². The lowest BCUT2D eigenvalue weighted by molar-refractivity contribution is 0.0784. The zero-order valence-corrected chi connectivity index (χ0v) is 18.9. The molecule has 0 saturated heterocycles. The van der Waals surface area contributed by atoms with Crippen LogP contribution in [0, 0.1) is 0 Å². The highest BCUT2D eigenvalue weighted by atomic mass is 35.5. The van der Waals surface area contributed by atoms with Crippen molar-refractivity contribution in [2.45, 2.75) is 18.0 Å². The number of sulfonamides is 1. The van der Waals surface area contributed by atoms with Crippen molar-refractivity contribution in [3.8, 4) is 5.75 Å². The number of benzene rings is 2. The highest BCUT2D eigenvalue weighted by Gasteiger charge is 2.23. The summed E-state index contributed by atoms with van der Waals surface area (Å²) in [6.07, 6.45) is 3.49. The number of hydrogen-bond acceptors (Lipinski definition) is 5. The zero-order valence-electron chi connectivity index (χ0n) is 17.4. The van der Waals surface area contributed by atoms with E-state index in [2.05, 4.69) is 9.82 Å². The zero-order chi connectivity index (χ0) is 22.6. The number of aromatic nitrogens is 2. The number of carbonyl (C=O) groups is 1. The van der Waals surface area contributed by atoms with E-state index in [0.717, 1.165) is 11.1 Å². The molecule has 1 amide bonds. The fourth-order valence-corrected chi connectivity index (χ4v) is 4.33. The average Bonchev–Trinajstić information content (AvgIpc) is 3.16. The third kappa shape index (κ3) is 5.63. The molecule has 0 bridgehead atoms. The number of rotatable bonds is 8. The smallest absolute Gasteiger partial charge is 0.253 e. The van der Waals surface area contributed by atoms with Crippen LogP contribution < -0.4 is 9.46 Å². The Labute approximate surface area is 186 Å². The van der Waals surface area contributed by atoms with Crippen molar-refractivity contribution in [2.75, 3.05) is 14.2 Å². The van der Waals surface area contributed by atoms with Crippen LogP contribution in [0.3, 0.4) is 0 Å². The summed E-state index contributed by atoms with van der Waals surface area (Å²) in [4.78, 5) is 14.3. The fourth-order valence-electron chi connectivity index (χ4n) is 3.00. The van der Waals surface area contributed by atoms with Gasteiger partial charge in [-0.05, 0) is 35.9 Å². The van der Waals surface area contributed by atoms with Crippen LogP contribution in [0.2, 0.25) is 5.02 Å². The minimum absolute atomic E-state index is 0.0712. The van der Waals surface area contributed by atoms with Crippen molar-refractivity contribution in [1.29, 1.82) is 0 Å². The summed E-state index contributed by atoms with van der Waals surface area (Å²) < 4.78 is 35.3. The Balaban J connectivity index is 1.81. The van der Waals surface area contributed by atoms with Crippen LogP contribution in [-0.4, -0.2) is 43.2 Å². The van der Waals surface area contributed by atoms with Crippen molar-refractivity contribution in [3.63, 3.8) is 0 Å². The lowest BCUT2D eigenvalue weighted by atomic mass is 10.2. The molecular weight excluding hydrogens is 440 g/mol. The highest BCUT2D eigenvalue weighted by molar-refractivity contribution is 7.89. The van der Waals surface area contributed by atoms with Gasteiger partial charge in [-0.25, -0.2) is 13.1 Å². The predicted octanol–water partition coefficient (Wildman–Crippen LogP) is 2.83. The highest BCUT2D eigenvalue weighted by Crippen LogP contribution is 2.26. The van der Waals surface area contributed by atoms with Gasteiger partial charge >= 0.3 is 0 Å². The van der Waals surface area contributed by atoms with Gasteiger partial charge in [-0.1, -0.05) is 23.7 Å². The van der Waals surface area contributed by atoms with Gasteiger partial charge in [-0.3, -0.25) is 9.48 Å². The quantitative estimate of drug-likeness (QED) is 0.555. The van der Waals surface area contributed by atoms with Gasteiger partial charge in [0.2, 0.25) is 10.0 Å². The van der Waals surface area contributed by atoms with Crippen LogP contribution in [0.4, 0.5) is 0 Å². The lowest BCUT2D eigenvalue weighted by Crippen LogP contribution is -2.27. The first-order valence-corrected chi connectivity index (χ1v) is 11.2. The molecular formula is C21H23ClN4O4S. The maximum Gasteiger partial charge on any atom is 0.253 e. The van der Waals surface area contributed by atoms with E-state index in [4.69, 9.17) is 16.3 Å². The Morgan fingerprint density at radius 3 is 2.52 bits per heavy atom. The monoisotopic (exact) mass is 462 g/mol. The largest absolute Gasteiger partial charge is 0.495 e. The summed E-state index contributed by atoms with van der Waals surface area (Å²) in [6.45, 7) is 0.414. The summed E-state index contributed by atoms with van der Waals surface area (Å²) in [6, 6.07) is 11.2. The van der Waals surface area contributed by atoms with Crippen LogP contribution in [0.1, 0.15) is 21.5 Å². The Kier molecular flexibility index (Phi) is 6.99. The molecule has 10 heteroatoms. The minimum Gasteiger partial charge on any atom is -0.495 e. The van der Waals surface area contributed by atoms with E-state index in [0.29, 0.717) is 11.6 Å². The van der Waals surface area contributed by atoms with Gasteiger partial charge in [0.1, 0.15) is 10.6 Å². The SMILES string of the molecule is COc1ccc(C(=O)N(C)Cc2cnn(C)c2)cc1S(=O)(=O)NCc1ccc(Cl)cc1. The van der Waals surface area contributed by atoms with Gasteiger partial charge in [0.25, 0.3) is 5.91 Å². The molecule has 3 aromatic rings. The van der Waals surface area contributed by atoms with E-state index in [1.165, 1.54) is 24.1 Å². The summed E-state index contributed by atoms with van der Waals surface area (Å²) in [5, 5.41) is 4.65. The Morgan fingerprint density at radius 2 is 1.90 bits per heavy atom. The second-order valence-electron chi connectivity index (χ2n) is 7.00. The molecule has 0 saturated carbocycles. The molecule has 0 fully saturated rings. The number of halogens is 1. The number of nitrogens with one attached hydrogen (secondary N) is 1. The van der Waals surface area contributed by atoms with E-state index in [1.807, 2.05) is 6.20 Å². The summed E-state index contributed by atoms with van der Waals surface area (Å²) in [5.74, 6) is -0.171. The number of hydrogen-bond donors (Lipinski definition) is 1. The third-order valence-electron chi connectivity index (χ3n) is 4.60. The van der Waals surface area contributed by atoms with Crippen LogP contribution in [0.5, 0.6) is 5.75 Å². The second-order valence-corrected chi connectivity index (χ2v) is 9.17. The summed E-state index contributed by atoms with van der Waals surface area (Å²) in [7, 11) is 0.878. The predicted molar refractivity (Wildman–Crippen MR) is 117 cm³/mol. The van der Waals surface area contributed by atoms with E-state index in [1.54, 1.807) is 55.3 Å². The minimum atomic E-state index is -3.94. The molecule has 0 spiro atoms. The van der Waals surface area contributed by atoms with Gasteiger partial charge in [-0.2, -0.15) is 5.10 Å². The molecule has 0 aliphatic carbocycles. The molecule has 1 heterocycles. The lowest BCUT2D eigenvalue weighted by Gasteiger charge is -2.18. The van der Waals surface area contributed by atoms with Crippen molar-refractivity contribution in [1.82, 2.24) is 19.4 Å². The summed E-state index contributed by atoms with van der Waals surface area (Å²) in [5.41, 5.74) is 1.85. The third-order valence-corrected chi connectivity index (χ3v) is 6.28. The number of aryl methyl sites for hydroxylation is 1. The standard InChI is InChI=1S/C21H23ClN4O4S/c1-25(13-16-11-23-26(2)14-16)21(27)17-6-9-19(30-3)20(10-17)31(28,29)24-12-15-4-7-18(22)8-5-15/h4-11,14,24H,12-13H2,1-3H3. The van der Waals surface area contributed by atoms with Crippen molar-refractivity contribution in [3.05, 3.63) is 76.6 Å². The first-order valence-electron chi connectivity index (χ1n) is 9.35. The summed E-state index contributed by atoms with van der Waals surface area (Å²) >= 11 is 5.87. The normalized spacial score (nSPS) is 11.4. The van der Waals surface area contributed by atoms with Gasteiger partial charge in [0, 0.05) is 49.5 Å². The fraction of sp³-hybridized carbons (Fsp3) is 0.238. The molecule has 0 aliphatic rings. The van der Waals surface area contributed by atoms with Crippen LogP contribution in [0.25, 0.3) is 0 Å². The molecule has 31 heavy (non-hydrogen) atoms. The van der Waals surface area contributed by atoms with Crippen molar-refractivity contribution >= 4 is 27.5 Å². The molecule has 1 aromatic heterocycles. The molecule has 0 radical (unpaired) electrons. The van der Waals surface area contributed by atoms with E-state index in [9.17, 15) is 13.2 Å². The Bertz CT molecular complexity index is 1180. The second kappa shape index (κ2) is 9.51. The van der Waals surface area contributed by atoms with Gasteiger partial charge in [-0.15, -0.1) is 0 Å². The number of carbonyl (C=O) groups excluding carboxylic acids is 1. The van der Waals surface area contributed by atoms with Crippen LogP contribution in [0.15, 0.2) is 59.8 Å². The van der Waals surface area contributed by atoms with Gasteiger partial charge < -0.3 is 9.64 Å². The average molecular weight is 463 g/mol.